The number of hydrogen-bond acceptors (Lipinski definition) is 4. The van der Waals surface area contributed by atoms with E-state index in [1.165, 1.54) is 14.2 Å². The molecule has 0 heterocycles. The molecule has 0 saturated carbocycles. The van der Waals surface area contributed by atoms with Crippen LogP contribution in [0.4, 0.5) is 5.69 Å². The second kappa shape index (κ2) is 8.01. The molecule has 0 aliphatic heterocycles. The summed E-state index contributed by atoms with van der Waals surface area (Å²) in [4.78, 5) is 23.8. The van der Waals surface area contributed by atoms with Gasteiger partial charge in [-0.2, -0.15) is 0 Å². The third kappa shape index (κ3) is 4.04. The number of carbonyl (C=O) groups is 2. The number of hydrogen-bond donors (Lipinski definition) is 2. The van der Waals surface area contributed by atoms with E-state index in [4.69, 9.17) is 9.47 Å². The highest BCUT2D eigenvalue weighted by molar-refractivity contribution is 6.06. The Kier molecular flexibility index (Phi) is 5.78. The molecule has 0 radical (unpaired) electrons. The van der Waals surface area contributed by atoms with Crippen molar-refractivity contribution >= 4 is 17.5 Å². The standard InChI is InChI=1S/C18H20N2O4/c1-19-16(21)11-12-7-9-13(10-8-12)20-18(22)14-5-4-6-15(23-2)17(14)24-3/h4-10H,11H2,1-3H3,(H,19,21)(H,20,22). The number of benzene rings is 2. The van der Waals surface area contributed by atoms with E-state index < -0.39 is 0 Å². The van der Waals surface area contributed by atoms with Crippen LogP contribution in [0.1, 0.15) is 15.9 Å². The summed E-state index contributed by atoms with van der Waals surface area (Å²) in [5, 5.41) is 5.37. The number of nitrogens with one attached hydrogen (secondary N) is 2. The Morgan fingerprint density at radius 1 is 1.00 bits per heavy atom. The Labute approximate surface area is 140 Å². The van der Waals surface area contributed by atoms with Gasteiger partial charge >= 0.3 is 0 Å². The molecule has 126 valence electrons. The van der Waals surface area contributed by atoms with Crippen molar-refractivity contribution in [2.24, 2.45) is 0 Å². The number of ether oxygens (including phenoxy) is 2. The smallest absolute Gasteiger partial charge is 0.259 e. The van der Waals surface area contributed by atoms with Crippen molar-refractivity contribution < 1.29 is 19.1 Å². The van der Waals surface area contributed by atoms with Gasteiger partial charge in [0, 0.05) is 12.7 Å². The first-order chi connectivity index (χ1) is 11.6. The maximum Gasteiger partial charge on any atom is 0.259 e. The van der Waals surface area contributed by atoms with E-state index >= 15 is 0 Å². The van der Waals surface area contributed by atoms with Gasteiger partial charge in [0.05, 0.1) is 26.2 Å². The SMILES string of the molecule is CNC(=O)Cc1ccc(NC(=O)c2cccc(OC)c2OC)cc1. The third-order valence-corrected chi connectivity index (χ3v) is 3.50. The van der Waals surface area contributed by atoms with Crippen molar-refractivity contribution in [3.63, 3.8) is 0 Å². The molecule has 2 amide bonds. The zero-order valence-electron chi connectivity index (χ0n) is 13.9. The molecule has 2 N–H and O–H groups in total. The summed E-state index contributed by atoms with van der Waals surface area (Å²) in [5.41, 5.74) is 1.88. The van der Waals surface area contributed by atoms with E-state index in [0.717, 1.165) is 5.56 Å². The summed E-state index contributed by atoms with van der Waals surface area (Å²) >= 11 is 0. The quantitative estimate of drug-likeness (QED) is 0.853. The summed E-state index contributed by atoms with van der Waals surface area (Å²) in [6, 6.07) is 12.2. The first-order valence-corrected chi connectivity index (χ1v) is 7.41. The molecule has 0 aliphatic carbocycles. The van der Waals surface area contributed by atoms with Gasteiger partial charge in [-0.25, -0.2) is 0 Å². The van der Waals surface area contributed by atoms with Crippen LogP contribution in [0, 0.1) is 0 Å². The van der Waals surface area contributed by atoms with Gasteiger partial charge in [-0.3, -0.25) is 9.59 Å². The second-order valence-corrected chi connectivity index (χ2v) is 5.04. The molecule has 24 heavy (non-hydrogen) atoms. The van der Waals surface area contributed by atoms with Crippen LogP contribution in [0.25, 0.3) is 0 Å². The maximum absolute atomic E-state index is 12.5. The molecule has 0 saturated heterocycles. The number of carbonyl (C=O) groups excluding carboxylic acids is 2. The van der Waals surface area contributed by atoms with Crippen LogP contribution >= 0.6 is 0 Å². The lowest BCUT2D eigenvalue weighted by Crippen LogP contribution is -2.19. The van der Waals surface area contributed by atoms with Crippen LogP contribution in [0.15, 0.2) is 42.5 Å². The van der Waals surface area contributed by atoms with E-state index in [0.29, 0.717) is 29.2 Å². The number of anilines is 1. The van der Waals surface area contributed by atoms with Crippen molar-refractivity contribution in [1.82, 2.24) is 5.32 Å². The number of likely N-dealkylation sites (N-methyl/N-ethyl adjacent to an activating group) is 1. The minimum absolute atomic E-state index is 0.0621. The number of rotatable bonds is 6. The lowest BCUT2D eigenvalue weighted by molar-refractivity contribution is -0.119. The molecule has 6 heteroatoms. The summed E-state index contributed by atoms with van der Waals surface area (Å²) in [6.45, 7) is 0. The largest absolute Gasteiger partial charge is 0.493 e. The van der Waals surface area contributed by atoms with Crippen LogP contribution < -0.4 is 20.1 Å². The van der Waals surface area contributed by atoms with Crippen LogP contribution in [-0.4, -0.2) is 33.1 Å². The highest BCUT2D eigenvalue weighted by Gasteiger charge is 2.16. The lowest BCUT2D eigenvalue weighted by atomic mass is 10.1. The highest BCUT2D eigenvalue weighted by Crippen LogP contribution is 2.31. The van der Waals surface area contributed by atoms with E-state index in [-0.39, 0.29) is 11.8 Å². The van der Waals surface area contributed by atoms with Crippen molar-refractivity contribution in [3.8, 4) is 11.5 Å². The van der Waals surface area contributed by atoms with Gasteiger partial charge in [0.1, 0.15) is 0 Å². The molecule has 0 aromatic heterocycles. The van der Waals surface area contributed by atoms with Gasteiger partial charge in [0.15, 0.2) is 11.5 Å². The third-order valence-electron chi connectivity index (χ3n) is 3.50. The summed E-state index contributed by atoms with van der Waals surface area (Å²) in [5.74, 6) is 0.512. The van der Waals surface area contributed by atoms with Gasteiger partial charge in [-0.15, -0.1) is 0 Å². The van der Waals surface area contributed by atoms with E-state index in [1.807, 2.05) is 0 Å². The van der Waals surface area contributed by atoms with Crippen LogP contribution in [-0.2, 0) is 11.2 Å². The zero-order chi connectivity index (χ0) is 17.5. The number of para-hydroxylation sites is 1. The average molecular weight is 328 g/mol. The molecular weight excluding hydrogens is 308 g/mol. The van der Waals surface area contributed by atoms with Gasteiger partial charge in [-0.1, -0.05) is 18.2 Å². The molecule has 0 bridgehead atoms. The fourth-order valence-electron chi connectivity index (χ4n) is 2.24. The average Bonchev–Trinajstić information content (AvgIpc) is 2.62. The Morgan fingerprint density at radius 3 is 2.29 bits per heavy atom. The molecule has 6 nitrogen and oxygen atoms in total. The Hall–Kier alpha value is -3.02. The molecule has 0 aliphatic rings. The molecule has 2 aromatic carbocycles. The van der Waals surface area contributed by atoms with Crippen LogP contribution in [0.3, 0.4) is 0 Å². The molecule has 0 spiro atoms. The summed E-state index contributed by atoms with van der Waals surface area (Å²) < 4.78 is 10.5. The predicted molar refractivity (Wildman–Crippen MR) is 91.7 cm³/mol. The zero-order valence-corrected chi connectivity index (χ0v) is 13.9. The molecule has 0 unspecified atom stereocenters. The molecule has 0 fully saturated rings. The fourth-order valence-corrected chi connectivity index (χ4v) is 2.24. The molecule has 2 aromatic rings. The van der Waals surface area contributed by atoms with Gasteiger partial charge in [0.25, 0.3) is 5.91 Å². The molecule has 0 atom stereocenters. The highest BCUT2D eigenvalue weighted by atomic mass is 16.5. The van der Waals surface area contributed by atoms with Crippen molar-refractivity contribution in [2.75, 3.05) is 26.6 Å². The first-order valence-electron chi connectivity index (χ1n) is 7.41. The fraction of sp³-hybridized carbons (Fsp3) is 0.222. The monoisotopic (exact) mass is 328 g/mol. The van der Waals surface area contributed by atoms with Gasteiger partial charge in [0.2, 0.25) is 5.91 Å². The lowest BCUT2D eigenvalue weighted by Gasteiger charge is -2.12. The van der Waals surface area contributed by atoms with E-state index in [1.54, 1.807) is 49.5 Å². The maximum atomic E-state index is 12.5. The van der Waals surface area contributed by atoms with Crippen molar-refractivity contribution in [3.05, 3.63) is 53.6 Å². The Morgan fingerprint density at radius 2 is 1.71 bits per heavy atom. The van der Waals surface area contributed by atoms with Crippen molar-refractivity contribution in [2.45, 2.75) is 6.42 Å². The minimum atomic E-state index is -0.301. The Bertz CT molecular complexity index is 726. The van der Waals surface area contributed by atoms with Crippen LogP contribution in [0.2, 0.25) is 0 Å². The Balaban J connectivity index is 2.14. The topological polar surface area (TPSA) is 76.7 Å². The van der Waals surface area contributed by atoms with Crippen molar-refractivity contribution in [1.29, 1.82) is 0 Å². The first kappa shape index (κ1) is 17.3. The van der Waals surface area contributed by atoms with E-state index in [2.05, 4.69) is 10.6 Å². The van der Waals surface area contributed by atoms with E-state index in [9.17, 15) is 9.59 Å². The van der Waals surface area contributed by atoms with Crippen LogP contribution in [0.5, 0.6) is 11.5 Å². The summed E-state index contributed by atoms with van der Waals surface area (Å²) in [7, 11) is 4.60. The predicted octanol–water partition coefficient (Wildman–Crippen LogP) is 2.24. The minimum Gasteiger partial charge on any atom is -0.493 e. The number of methoxy groups -OCH3 is 2. The molecule has 2 rings (SSSR count). The van der Waals surface area contributed by atoms with Gasteiger partial charge in [-0.05, 0) is 29.8 Å². The molecular formula is C18H20N2O4. The number of amides is 2. The normalized spacial score (nSPS) is 9.96. The summed E-state index contributed by atoms with van der Waals surface area (Å²) in [6.07, 6.45) is 0.300. The second-order valence-electron chi connectivity index (χ2n) is 5.04. The van der Waals surface area contributed by atoms with Gasteiger partial charge < -0.3 is 20.1 Å².